The van der Waals surface area contributed by atoms with Crippen molar-refractivity contribution >= 4 is 11.6 Å². The van der Waals surface area contributed by atoms with Gasteiger partial charge in [0.2, 0.25) is 0 Å². The predicted molar refractivity (Wildman–Crippen MR) is 136 cm³/mol. The fourth-order valence-corrected chi connectivity index (χ4v) is 4.66. The lowest BCUT2D eigenvalue weighted by atomic mass is 9.81. The fraction of sp³-hybridized carbons (Fsp3) is 0.724. The van der Waals surface area contributed by atoms with E-state index in [0.717, 1.165) is 31.6 Å². The summed E-state index contributed by atoms with van der Waals surface area (Å²) >= 11 is 0. The molecule has 0 amide bonds. The van der Waals surface area contributed by atoms with Gasteiger partial charge in [-0.05, 0) is 78.6 Å². The van der Waals surface area contributed by atoms with Gasteiger partial charge in [0.15, 0.2) is 11.6 Å². The number of carbonyl (C=O) groups is 2. The Morgan fingerprint density at radius 2 is 1.34 bits per heavy atom. The Labute approximate surface area is 197 Å². The van der Waals surface area contributed by atoms with E-state index in [1.807, 2.05) is 6.92 Å². The van der Waals surface area contributed by atoms with E-state index in [-0.39, 0.29) is 11.6 Å². The number of aliphatic hydroxyl groups is 1. The Balaban J connectivity index is 2.33. The highest BCUT2D eigenvalue weighted by Gasteiger charge is 2.29. The maximum absolute atomic E-state index is 12.6. The summed E-state index contributed by atoms with van der Waals surface area (Å²) in [6.45, 7) is 17.8. The van der Waals surface area contributed by atoms with Crippen molar-refractivity contribution in [1.82, 2.24) is 0 Å². The van der Waals surface area contributed by atoms with Gasteiger partial charge in [0.1, 0.15) is 0 Å². The quantitative estimate of drug-likeness (QED) is 0.208. The van der Waals surface area contributed by atoms with E-state index in [4.69, 9.17) is 0 Å². The normalized spacial score (nSPS) is 18.8. The molecule has 1 N–H and O–H groups in total. The Kier molecular flexibility index (Phi) is 11.9. The summed E-state index contributed by atoms with van der Waals surface area (Å²) in [6.07, 6.45) is 11.4. The zero-order valence-electron chi connectivity index (χ0n) is 21.9. The van der Waals surface area contributed by atoms with Crippen molar-refractivity contribution in [3.8, 4) is 0 Å². The standard InChI is InChI=1S/C29H48O3/c1-20(2)12-9-13-21(3)14-10-15-22(4)16-11-18-29(8,32)19-17-26-25(7)27(30)23(5)24(6)28(26)31/h21-22,32H,1,9-19H2,2-8H3. The third-order valence-electron chi connectivity index (χ3n) is 7.33. The molecule has 1 rings (SSSR count). The molecule has 0 spiro atoms. The van der Waals surface area contributed by atoms with Gasteiger partial charge in [-0.25, -0.2) is 0 Å². The van der Waals surface area contributed by atoms with Gasteiger partial charge in [-0.3, -0.25) is 9.59 Å². The van der Waals surface area contributed by atoms with Crippen molar-refractivity contribution in [2.45, 2.75) is 125 Å². The summed E-state index contributed by atoms with van der Waals surface area (Å²) in [5.41, 5.74) is 2.72. The fourth-order valence-electron chi connectivity index (χ4n) is 4.66. The molecule has 0 saturated heterocycles. The summed E-state index contributed by atoms with van der Waals surface area (Å²) in [6, 6.07) is 0. The molecule has 0 aliphatic heterocycles. The average Bonchev–Trinajstić information content (AvgIpc) is 2.70. The largest absolute Gasteiger partial charge is 0.390 e. The van der Waals surface area contributed by atoms with Crippen LogP contribution in [0.15, 0.2) is 34.4 Å². The van der Waals surface area contributed by atoms with Gasteiger partial charge in [-0.2, -0.15) is 0 Å². The van der Waals surface area contributed by atoms with Gasteiger partial charge < -0.3 is 5.11 Å². The predicted octanol–water partition coefficient (Wildman–Crippen LogP) is 7.68. The van der Waals surface area contributed by atoms with Crippen LogP contribution in [0.5, 0.6) is 0 Å². The van der Waals surface area contributed by atoms with Crippen LogP contribution in [0.2, 0.25) is 0 Å². The molecule has 3 nitrogen and oxygen atoms in total. The minimum atomic E-state index is -0.807. The maximum atomic E-state index is 12.6. The SMILES string of the molecule is C=C(C)CCCC(C)CCCC(C)CCCC(C)(O)CCC1=C(C)C(=O)C(C)=C(C)C1=O. The minimum Gasteiger partial charge on any atom is -0.390 e. The molecule has 182 valence electrons. The summed E-state index contributed by atoms with van der Waals surface area (Å²) in [7, 11) is 0. The molecule has 3 atom stereocenters. The van der Waals surface area contributed by atoms with Crippen molar-refractivity contribution in [1.29, 1.82) is 0 Å². The van der Waals surface area contributed by atoms with Gasteiger partial charge in [-0.15, -0.1) is 6.58 Å². The van der Waals surface area contributed by atoms with E-state index in [9.17, 15) is 14.7 Å². The topological polar surface area (TPSA) is 54.4 Å². The second-order valence-electron chi connectivity index (χ2n) is 10.9. The van der Waals surface area contributed by atoms with Crippen LogP contribution in [0.3, 0.4) is 0 Å². The Hall–Kier alpha value is -1.48. The molecule has 0 aromatic carbocycles. The first-order valence-corrected chi connectivity index (χ1v) is 12.7. The molecule has 0 aromatic rings. The van der Waals surface area contributed by atoms with Crippen LogP contribution in [0.4, 0.5) is 0 Å². The van der Waals surface area contributed by atoms with E-state index < -0.39 is 5.60 Å². The number of hydrogen-bond donors (Lipinski definition) is 1. The number of carbonyl (C=O) groups excluding carboxylic acids is 2. The van der Waals surface area contributed by atoms with Crippen LogP contribution in [0, 0.1) is 11.8 Å². The molecule has 3 heteroatoms. The molecule has 0 radical (unpaired) electrons. The summed E-state index contributed by atoms with van der Waals surface area (Å²) in [5, 5.41) is 10.8. The van der Waals surface area contributed by atoms with E-state index in [0.29, 0.717) is 41.1 Å². The van der Waals surface area contributed by atoms with Gasteiger partial charge in [0, 0.05) is 22.3 Å². The highest BCUT2D eigenvalue weighted by molar-refractivity contribution is 6.24. The van der Waals surface area contributed by atoms with Gasteiger partial charge in [0.05, 0.1) is 5.60 Å². The number of rotatable bonds is 15. The first-order valence-electron chi connectivity index (χ1n) is 12.7. The molecule has 0 heterocycles. The van der Waals surface area contributed by atoms with Crippen molar-refractivity contribution in [3.05, 3.63) is 34.4 Å². The number of Topliss-reactive ketones (excluding diaryl/α,β-unsaturated/α-hetero) is 2. The monoisotopic (exact) mass is 444 g/mol. The second-order valence-corrected chi connectivity index (χ2v) is 10.9. The Morgan fingerprint density at radius 3 is 1.91 bits per heavy atom. The smallest absolute Gasteiger partial charge is 0.185 e. The second kappa shape index (κ2) is 13.3. The molecule has 1 aliphatic carbocycles. The van der Waals surface area contributed by atoms with Crippen LogP contribution in [-0.4, -0.2) is 22.3 Å². The van der Waals surface area contributed by atoms with Crippen molar-refractivity contribution in [2.75, 3.05) is 0 Å². The molecule has 0 aromatic heterocycles. The van der Waals surface area contributed by atoms with Crippen LogP contribution >= 0.6 is 0 Å². The minimum absolute atomic E-state index is 0.0297. The van der Waals surface area contributed by atoms with Gasteiger partial charge in [-0.1, -0.05) is 57.9 Å². The molecule has 0 bridgehead atoms. The van der Waals surface area contributed by atoms with E-state index in [2.05, 4.69) is 27.4 Å². The molecule has 0 saturated carbocycles. The van der Waals surface area contributed by atoms with E-state index in [1.165, 1.54) is 37.7 Å². The summed E-state index contributed by atoms with van der Waals surface area (Å²) in [4.78, 5) is 24.9. The molecule has 32 heavy (non-hydrogen) atoms. The number of ketones is 2. The molecular weight excluding hydrogens is 396 g/mol. The number of allylic oxidation sites excluding steroid dienone is 5. The lowest BCUT2D eigenvalue weighted by Crippen LogP contribution is -2.27. The lowest BCUT2D eigenvalue weighted by molar-refractivity contribution is -0.116. The van der Waals surface area contributed by atoms with E-state index in [1.54, 1.807) is 20.8 Å². The van der Waals surface area contributed by atoms with Crippen LogP contribution in [0.1, 0.15) is 119 Å². The Bertz CT molecular complexity index is 736. The van der Waals surface area contributed by atoms with Crippen LogP contribution in [0.25, 0.3) is 0 Å². The highest BCUT2D eigenvalue weighted by atomic mass is 16.3. The van der Waals surface area contributed by atoms with Crippen molar-refractivity contribution in [2.24, 2.45) is 11.8 Å². The average molecular weight is 445 g/mol. The third-order valence-corrected chi connectivity index (χ3v) is 7.33. The van der Waals surface area contributed by atoms with Gasteiger partial charge >= 0.3 is 0 Å². The van der Waals surface area contributed by atoms with Crippen molar-refractivity contribution in [3.63, 3.8) is 0 Å². The molecule has 0 fully saturated rings. The van der Waals surface area contributed by atoms with Crippen molar-refractivity contribution < 1.29 is 14.7 Å². The zero-order valence-corrected chi connectivity index (χ0v) is 21.9. The Morgan fingerprint density at radius 1 is 0.844 bits per heavy atom. The first-order chi connectivity index (χ1) is 14.9. The summed E-state index contributed by atoms with van der Waals surface area (Å²) < 4.78 is 0. The zero-order chi connectivity index (χ0) is 24.5. The van der Waals surface area contributed by atoms with Gasteiger partial charge in [0.25, 0.3) is 0 Å². The van der Waals surface area contributed by atoms with Crippen LogP contribution < -0.4 is 0 Å². The summed E-state index contributed by atoms with van der Waals surface area (Å²) in [5.74, 6) is 1.40. The lowest BCUT2D eigenvalue weighted by Gasteiger charge is -2.26. The van der Waals surface area contributed by atoms with E-state index >= 15 is 0 Å². The highest BCUT2D eigenvalue weighted by Crippen LogP contribution is 2.31. The first kappa shape index (κ1) is 28.6. The van der Waals surface area contributed by atoms with Crippen LogP contribution in [-0.2, 0) is 9.59 Å². The molecular formula is C29H48O3. The molecule has 1 aliphatic rings. The maximum Gasteiger partial charge on any atom is 0.185 e. The third kappa shape index (κ3) is 9.57. The molecule has 3 unspecified atom stereocenters. The number of hydrogen-bond acceptors (Lipinski definition) is 3.